The van der Waals surface area contributed by atoms with Crippen molar-refractivity contribution >= 4 is 70.6 Å². The van der Waals surface area contributed by atoms with Gasteiger partial charge < -0.3 is 4.85 Å². The van der Waals surface area contributed by atoms with Crippen molar-refractivity contribution in [2.24, 2.45) is 0 Å². The van der Waals surface area contributed by atoms with Gasteiger partial charge in [0.25, 0.3) is 0 Å². The van der Waals surface area contributed by atoms with Crippen LogP contribution in [0.15, 0.2) is 26.8 Å². The summed E-state index contributed by atoms with van der Waals surface area (Å²) in [5, 5.41) is 8.64. The fourth-order valence-corrected chi connectivity index (χ4v) is 9.83. The molecule has 0 spiro atoms. The molecule has 0 aromatic heterocycles. The van der Waals surface area contributed by atoms with Gasteiger partial charge in [0.2, 0.25) is 6.54 Å². The summed E-state index contributed by atoms with van der Waals surface area (Å²) < 4.78 is 5.43. The predicted molar refractivity (Wildman–Crippen MR) is 109 cm³/mol. The molecular formula is C14H14N2S6. The molecule has 2 aliphatic rings. The first-order chi connectivity index (χ1) is 10.7. The van der Waals surface area contributed by atoms with E-state index in [2.05, 4.69) is 24.8 Å². The molecular weight excluding hydrogens is 389 g/mol. The minimum atomic E-state index is 0.586. The Balaban J connectivity index is 1.93. The number of allylic oxidation sites excluding steroid dienone is 2. The zero-order valence-electron chi connectivity index (χ0n) is 12.2. The molecule has 2 nitrogen and oxygen atoms in total. The molecule has 22 heavy (non-hydrogen) atoms. The number of thioether (sulfide) groups is 6. The number of hydrogen-bond acceptors (Lipinski definition) is 7. The zero-order chi connectivity index (χ0) is 15.9. The maximum atomic E-state index is 8.64. The second-order valence-corrected chi connectivity index (χ2v) is 11.9. The van der Waals surface area contributed by atoms with Gasteiger partial charge in [0.15, 0.2) is 0 Å². The molecule has 0 saturated carbocycles. The SMILES string of the molecule is [C-]#[N+]CCSC1=C(C)S/C(=C2\SC(C)=C(SCCC#N)S2)S1. The van der Waals surface area contributed by atoms with Crippen molar-refractivity contribution in [2.75, 3.05) is 18.1 Å². The van der Waals surface area contributed by atoms with E-state index in [4.69, 9.17) is 11.8 Å². The summed E-state index contributed by atoms with van der Waals surface area (Å²) >= 11 is 11.0. The fraction of sp³-hybridized carbons (Fsp3) is 0.429. The van der Waals surface area contributed by atoms with E-state index in [0.717, 1.165) is 11.5 Å². The summed E-state index contributed by atoms with van der Waals surface area (Å²) in [5.74, 6) is 1.74. The first kappa shape index (κ1) is 18.6. The lowest BCUT2D eigenvalue weighted by atomic mass is 10.6. The van der Waals surface area contributed by atoms with Crippen LogP contribution in [0.5, 0.6) is 0 Å². The fourth-order valence-electron chi connectivity index (χ4n) is 1.52. The Morgan fingerprint density at radius 2 is 1.55 bits per heavy atom. The van der Waals surface area contributed by atoms with E-state index in [-0.39, 0.29) is 0 Å². The Bertz CT molecular complexity index is 566. The maximum absolute atomic E-state index is 8.64. The molecule has 0 bridgehead atoms. The predicted octanol–water partition coefficient (Wildman–Crippen LogP) is 6.75. The Hall–Kier alpha value is 0.300. The molecule has 0 unspecified atom stereocenters. The first-order valence-electron chi connectivity index (χ1n) is 6.49. The van der Waals surface area contributed by atoms with Crippen molar-refractivity contribution in [1.82, 2.24) is 0 Å². The average Bonchev–Trinajstić information content (AvgIpc) is 3.04. The molecule has 0 aromatic rings. The molecule has 0 N–H and O–H groups in total. The molecule has 2 aliphatic heterocycles. The lowest BCUT2D eigenvalue weighted by Crippen LogP contribution is -1.80. The van der Waals surface area contributed by atoms with Crippen molar-refractivity contribution in [3.8, 4) is 6.07 Å². The second-order valence-electron chi connectivity index (χ2n) is 4.16. The van der Waals surface area contributed by atoms with E-state index in [9.17, 15) is 0 Å². The van der Waals surface area contributed by atoms with Crippen LogP contribution in [-0.2, 0) is 0 Å². The highest BCUT2D eigenvalue weighted by molar-refractivity contribution is 8.40. The molecule has 116 valence electrons. The lowest BCUT2D eigenvalue weighted by molar-refractivity contribution is 1.24. The summed E-state index contributed by atoms with van der Waals surface area (Å²) in [7, 11) is 0. The third kappa shape index (κ3) is 5.15. The van der Waals surface area contributed by atoms with E-state index in [1.54, 1.807) is 23.5 Å². The van der Waals surface area contributed by atoms with Crippen LogP contribution in [0.2, 0.25) is 0 Å². The van der Waals surface area contributed by atoms with Crippen LogP contribution >= 0.6 is 70.6 Å². The molecule has 2 rings (SSSR count). The standard InChI is InChI=1S/C14H14N2S6/c1-9-11(17-7-4-5-15)21-13(19-9)14-20-10(2)12(22-14)18-8-6-16-3/h4,6-8H2,1-2H3/b14-13-. The summed E-state index contributed by atoms with van der Waals surface area (Å²) in [4.78, 5) is 6.12. The van der Waals surface area contributed by atoms with Gasteiger partial charge in [-0.15, -0.1) is 23.5 Å². The Morgan fingerprint density at radius 1 is 1.00 bits per heavy atom. The Morgan fingerprint density at radius 3 is 2.05 bits per heavy atom. The van der Waals surface area contributed by atoms with Gasteiger partial charge in [0.05, 0.1) is 28.8 Å². The van der Waals surface area contributed by atoms with Crippen molar-refractivity contribution in [3.63, 3.8) is 0 Å². The van der Waals surface area contributed by atoms with Crippen LogP contribution in [0.4, 0.5) is 0 Å². The van der Waals surface area contributed by atoms with Gasteiger partial charge in [-0.2, -0.15) is 5.26 Å². The first-order valence-corrected chi connectivity index (χ1v) is 11.7. The smallest absolute Gasteiger partial charge is 0.224 e. The van der Waals surface area contributed by atoms with E-state index in [1.165, 1.54) is 26.8 Å². The summed E-state index contributed by atoms with van der Waals surface area (Å²) in [6, 6.07) is 2.20. The molecule has 0 aliphatic carbocycles. The normalized spacial score (nSPS) is 21.5. The second kappa shape index (κ2) is 9.56. The van der Waals surface area contributed by atoms with E-state index in [1.807, 2.05) is 47.0 Å². The van der Waals surface area contributed by atoms with Gasteiger partial charge in [-0.3, -0.25) is 0 Å². The Labute approximate surface area is 157 Å². The minimum Gasteiger partial charge on any atom is -0.316 e. The lowest BCUT2D eigenvalue weighted by Gasteiger charge is -2.02. The van der Waals surface area contributed by atoms with Crippen molar-refractivity contribution < 1.29 is 0 Å². The van der Waals surface area contributed by atoms with Gasteiger partial charge in [-0.05, 0) is 13.8 Å². The van der Waals surface area contributed by atoms with E-state index >= 15 is 0 Å². The molecule has 8 heteroatoms. The molecule has 0 amide bonds. The van der Waals surface area contributed by atoms with Gasteiger partial charge in [-0.25, -0.2) is 6.57 Å². The largest absolute Gasteiger partial charge is 0.316 e. The Kier molecular flexibility index (Phi) is 8.10. The molecule has 0 fully saturated rings. The topological polar surface area (TPSA) is 28.1 Å². The maximum Gasteiger partial charge on any atom is 0.224 e. The summed E-state index contributed by atoms with van der Waals surface area (Å²) in [5.41, 5.74) is 0. The van der Waals surface area contributed by atoms with Gasteiger partial charge in [-0.1, -0.05) is 47.0 Å². The highest BCUT2D eigenvalue weighted by Gasteiger charge is 2.27. The number of rotatable bonds is 6. The zero-order valence-corrected chi connectivity index (χ0v) is 17.1. The van der Waals surface area contributed by atoms with Crippen LogP contribution in [-0.4, -0.2) is 18.1 Å². The molecule has 0 saturated heterocycles. The summed E-state index contributed by atoms with van der Waals surface area (Å²) in [6.45, 7) is 11.8. The van der Waals surface area contributed by atoms with Crippen molar-refractivity contribution in [2.45, 2.75) is 20.3 Å². The van der Waals surface area contributed by atoms with Crippen LogP contribution in [0.3, 0.4) is 0 Å². The van der Waals surface area contributed by atoms with Crippen LogP contribution in [0, 0.1) is 17.9 Å². The monoisotopic (exact) mass is 402 g/mol. The molecule has 0 atom stereocenters. The van der Waals surface area contributed by atoms with Crippen molar-refractivity contribution in [1.29, 1.82) is 5.26 Å². The van der Waals surface area contributed by atoms with Crippen LogP contribution in [0.25, 0.3) is 4.85 Å². The molecule has 0 aromatic carbocycles. The van der Waals surface area contributed by atoms with Crippen LogP contribution in [0.1, 0.15) is 20.3 Å². The van der Waals surface area contributed by atoms with Gasteiger partial charge in [0.1, 0.15) is 0 Å². The van der Waals surface area contributed by atoms with Gasteiger partial charge in [0, 0.05) is 22.0 Å². The van der Waals surface area contributed by atoms with Gasteiger partial charge >= 0.3 is 0 Å². The number of hydrogen-bond donors (Lipinski definition) is 0. The third-order valence-electron chi connectivity index (χ3n) is 2.49. The third-order valence-corrected chi connectivity index (χ3v) is 11.2. The van der Waals surface area contributed by atoms with E-state index in [0.29, 0.717) is 13.0 Å². The van der Waals surface area contributed by atoms with E-state index < -0.39 is 0 Å². The molecule has 2 heterocycles. The van der Waals surface area contributed by atoms with Crippen molar-refractivity contribution in [3.05, 3.63) is 38.2 Å². The number of nitriles is 1. The minimum absolute atomic E-state index is 0.586. The summed E-state index contributed by atoms with van der Waals surface area (Å²) in [6.07, 6.45) is 0.602. The number of nitrogens with zero attached hydrogens (tertiary/aromatic N) is 2. The van der Waals surface area contributed by atoms with Crippen LogP contribution < -0.4 is 0 Å². The highest BCUT2D eigenvalue weighted by atomic mass is 32.2. The quantitative estimate of drug-likeness (QED) is 0.358. The highest BCUT2D eigenvalue weighted by Crippen LogP contribution is 2.62. The average molecular weight is 403 g/mol. The molecule has 0 radical (unpaired) electrons.